The zero-order valence-corrected chi connectivity index (χ0v) is 17.4. The van der Waals surface area contributed by atoms with Crippen LogP contribution < -0.4 is 10.5 Å². The molecule has 2 rings (SSSR count). The van der Waals surface area contributed by atoms with Gasteiger partial charge in [-0.2, -0.15) is 4.31 Å². The highest BCUT2D eigenvalue weighted by atomic mass is 35.5. The van der Waals surface area contributed by atoms with Gasteiger partial charge >= 0.3 is 0 Å². The third-order valence-corrected chi connectivity index (χ3v) is 6.18. The molecule has 11 heteroatoms. The molecular formula is C17H20ClN3O5S2. The summed E-state index contributed by atoms with van der Waals surface area (Å²) in [6.45, 7) is -0.203. The van der Waals surface area contributed by atoms with E-state index in [1.54, 1.807) is 24.3 Å². The molecule has 0 aliphatic rings. The van der Waals surface area contributed by atoms with Crippen molar-refractivity contribution in [3.63, 3.8) is 0 Å². The number of sulfonamides is 2. The number of benzene rings is 2. The van der Waals surface area contributed by atoms with E-state index in [0.29, 0.717) is 16.1 Å². The minimum atomic E-state index is -3.78. The zero-order chi connectivity index (χ0) is 20.9. The number of carbonyl (C=O) groups excluding carboxylic acids is 1. The van der Waals surface area contributed by atoms with Crippen LogP contribution in [-0.4, -0.2) is 39.8 Å². The Morgan fingerprint density at radius 2 is 1.54 bits per heavy atom. The predicted molar refractivity (Wildman–Crippen MR) is 106 cm³/mol. The van der Waals surface area contributed by atoms with Gasteiger partial charge in [0.05, 0.1) is 17.7 Å². The lowest BCUT2D eigenvalue weighted by atomic mass is 10.2. The maximum Gasteiger partial charge on any atom is 0.238 e. The molecule has 1 amide bonds. The molecule has 0 unspecified atom stereocenters. The van der Waals surface area contributed by atoms with Crippen molar-refractivity contribution in [2.45, 2.75) is 18.0 Å². The summed E-state index contributed by atoms with van der Waals surface area (Å²) < 4.78 is 47.5. The second-order valence-corrected chi connectivity index (χ2v) is 10.1. The molecule has 28 heavy (non-hydrogen) atoms. The fraction of sp³-hybridized carbons (Fsp3) is 0.235. The molecule has 0 aliphatic heterocycles. The van der Waals surface area contributed by atoms with Gasteiger partial charge in [0.2, 0.25) is 26.0 Å². The van der Waals surface area contributed by atoms with Crippen molar-refractivity contribution in [1.29, 1.82) is 0 Å². The highest BCUT2D eigenvalue weighted by molar-refractivity contribution is 7.89. The molecule has 2 aromatic rings. The molecule has 0 aromatic heterocycles. The highest BCUT2D eigenvalue weighted by Gasteiger charge is 2.20. The molecule has 0 saturated carbocycles. The topological polar surface area (TPSA) is 127 Å². The van der Waals surface area contributed by atoms with Crippen molar-refractivity contribution in [2.75, 3.05) is 12.8 Å². The zero-order valence-electron chi connectivity index (χ0n) is 15.0. The predicted octanol–water partition coefficient (Wildman–Crippen LogP) is 1.07. The van der Waals surface area contributed by atoms with Crippen LogP contribution in [-0.2, 0) is 37.9 Å². The van der Waals surface area contributed by atoms with E-state index < -0.39 is 26.0 Å². The lowest BCUT2D eigenvalue weighted by molar-refractivity contribution is -0.121. The summed E-state index contributed by atoms with van der Waals surface area (Å²) in [5.74, 6) is -0.491. The first-order valence-electron chi connectivity index (χ1n) is 8.03. The smallest absolute Gasteiger partial charge is 0.238 e. The summed E-state index contributed by atoms with van der Waals surface area (Å²) in [4.78, 5) is 12.2. The Morgan fingerprint density at radius 1 is 1.00 bits per heavy atom. The average molecular weight is 446 g/mol. The van der Waals surface area contributed by atoms with Gasteiger partial charge in [-0.05, 0) is 35.4 Å². The molecule has 2 aromatic carbocycles. The van der Waals surface area contributed by atoms with E-state index in [9.17, 15) is 21.6 Å². The summed E-state index contributed by atoms with van der Waals surface area (Å²) in [6.07, 6.45) is 1.03. The number of rotatable bonds is 8. The number of halogens is 1. The molecule has 0 bridgehead atoms. The Labute approximate surface area is 169 Å². The number of carbonyl (C=O) groups is 1. The molecule has 0 radical (unpaired) electrons. The van der Waals surface area contributed by atoms with Gasteiger partial charge in [-0.25, -0.2) is 22.0 Å². The van der Waals surface area contributed by atoms with Crippen LogP contribution in [0.3, 0.4) is 0 Å². The number of nitrogens with two attached hydrogens (primary N) is 1. The minimum Gasteiger partial charge on any atom is -0.351 e. The molecule has 0 saturated heterocycles. The van der Waals surface area contributed by atoms with Crippen LogP contribution in [0.5, 0.6) is 0 Å². The summed E-state index contributed by atoms with van der Waals surface area (Å²) in [5.41, 5.74) is 1.34. The molecule has 0 fully saturated rings. The summed E-state index contributed by atoms with van der Waals surface area (Å²) in [5, 5.41) is 8.17. The van der Waals surface area contributed by atoms with Gasteiger partial charge < -0.3 is 5.32 Å². The first-order valence-corrected chi connectivity index (χ1v) is 11.8. The monoisotopic (exact) mass is 445 g/mol. The molecule has 0 aliphatic carbocycles. The fourth-order valence-electron chi connectivity index (χ4n) is 2.30. The Hall–Kier alpha value is -1.98. The Morgan fingerprint density at radius 3 is 2.04 bits per heavy atom. The number of hydrogen-bond acceptors (Lipinski definition) is 5. The molecule has 8 nitrogen and oxygen atoms in total. The third-order valence-electron chi connectivity index (χ3n) is 3.80. The van der Waals surface area contributed by atoms with E-state index in [4.69, 9.17) is 16.7 Å². The van der Waals surface area contributed by atoms with Crippen LogP contribution in [0.1, 0.15) is 11.1 Å². The summed E-state index contributed by atoms with van der Waals surface area (Å²) >= 11 is 5.82. The minimum absolute atomic E-state index is 0.0335. The van der Waals surface area contributed by atoms with Crippen molar-refractivity contribution in [3.05, 3.63) is 64.7 Å². The molecule has 152 valence electrons. The van der Waals surface area contributed by atoms with Crippen molar-refractivity contribution in [2.24, 2.45) is 5.14 Å². The number of hydrogen-bond donors (Lipinski definition) is 2. The lowest BCUT2D eigenvalue weighted by Gasteiger charge is -2.19. The van der Waals surface area contributed by atoms with Crippen molar-refractivity contribution in [1.82, 2.24) is 9.62 Å². The maximum absolute atomic E-state index is 12.2. The molecule has 0 spiro atoms. The van der Waals surface area contributed by atoms with Crippen molar-refractivity contribution in [3.8, 4) is 0 Å². The third kappa shape index (κ3) is 6.88. The van der Waals surface area contributed by atoms with Gasteiger partial charge in [0.1, 0.15) is 0 Å². The summed E-state index contributed by atoms with van der Waals surface area (Å²) in [7, 11) is -7.40. The van der Waals surface area contributed by atoms with Crippen LogP contribution in [0, 0.1) is 0 Å². The van der Waals surface area contributed by atoms with E-state index in [-0.39, 0.29) is 24.5 Å². The molecule has 0 atom stereocenters. The second-order valence-electron chi connectivity index (χ2n) is 6.12. The van der Waals surface area contributed by atoms with Gasteiger partial charge in [-0.15, -0.1) is 0 Å². The fourth-order valence-corrected chi connectivity index (χ4v) is 3.67. The van der Waals surface area contributed by atoms with E-state index in [1.807, 2.05) is 0 Å². The number of amides is 1. The van der Waals surface area contributed by atoms with Crippen molar-refractivity contribution < 1.29 is 21.6 Å². The van der Waals surface area contributed by atoms with E-state index >= 15 is 0 Å². The Balaban J connectivity index is 1.99. The van der Waals surface area contributed by atoms with Gasteiger partial charge in [0.15, 0.2) is 0 Å². The average Bonchev–Trinajstić information content (AvgIpc) is 2.60. The van der Waals surface area contributed by atoms with E-state index in [0.717, 1.165) is 10.6 Å². The molecule has 3 N–H and O–H groups in total. The van der Waals surface area contributed by atoms with Crippen LogP contribution >= 0.6 is 11.6 Å². The molecule has 0 heterocycles. The molecular weight excluding hydrogens is 426 g/mol. The van der Waals surface area contributed by atoms with E-state index in [2.05, 4.69) is 5.32 Å². The van der Waals surface area contributed by atoms with Crippen LogP contribution in [0.15, 0.2) is 53.4 Å². The lowest BCUT2D eigenvalue weighted by Crippen LogP contribution is -2.39. The van der Waals surface area contributed by atoms with Gasteiger partial charge in [0, 0.05) is 18.1 Å². The van der Waals surface area contributed by atoms with Gasteiger partial charge in [0.25, 0.3) is 0 Å². The Kier molecular flexibility index (Phi) is 7.18. The number of primary sulfonamides is 1. The quantitative estimate of drug-likeness (QED) is 0.628. The van der Waals surface area contributed by atoms with E-state index in [1.165, 1.54) is 24.3 Å². The Bertz CT molecular complexity index is 1040. The maximum atomic E-state index is 12.2. The van der Waals surface area contributed by atoms with Gasteiger partial charge in [-0.1, -0.05) is 35.9 Å². The first-order chi connectivity index (χ1) is 12.9. The summed E-state index contributed by atoms with van der Waals surface area (Å²) in [6, 6.07) is 12.4. The number of nitrogens with zero attached hydrogens (tertiary/aromatic N) is 1. The second kappa shape index (κ2) is 9.01. The standard InChI is InChI=1S/C17H20ClN3O5S2/c1-27(23,24)21(11-14-2-6-15(18)7-3-14)12-17(22)20-10-13-4-8-16(9-5-13)28(19,25)26/h2-9H,10-12H2,1H3,(H,20,22)(H2,19,25,26). The largest absolute Gasteiger partial charge is 0.351 e. The van der Waals surface area contributed by atoms with Crippen molar-refractivity contribution >= 4 is 37.6 Å². The van der Waals surface area contributed by atoms with Crippen LogP contribution in [0.25, 0.3) is 0 Å². The van der Waals surface area contributed by atoms with Gasteiger partial charge in [-0.3, -0.25) is 4.79 Å². The highest BCUT2D eigenvalue weighted by Crippen LogP contribution is 2.13. The first kappa shape index (κ1) is 22.3. The normalized spacial score (nSPS) is 12.1. The van der Waals surface area contributed by atoms with Crippen LogP contribution in [0.2, 0.25) is 5.02 Å². The van der Waals surface area contributed by atoms with Crippen LogP contribution in [0.4, 0.5) is 0 Å². The SMILES string of the molecule is CS(=O)(=O)N(CC(=O)NCc1ccc(S(N)(=O)=O)cc1)Cc1ccc(Cl)cc1. The number of nitrogens with one attached hydrogen (secondary N) is 1.